The van der Waals surface area contributed by atoms with E-state index in [4.69, 9.17) is 4.74 Å². The van der Waals surface area contributed by atoms with Crippen LogP contribution in [0, 0.1) is 5.41 Å². The van der Waals surface area contributed by atoms with Gasteiger partial charge in [0.2, 0.25) is 0 Å². The summed E-state index contributed by atoms with van der Waals surface area (Å²) >= 11 is 0. The quantitative estimate of drug-likeness (QED) is 0.574. The number of esters is 1. The molecule has 1 aromatic carbocycles. The fraction of sp³-hybridized carbons (Fsp3) is 0.400. The monoisotopic (exact) mass is 232 g/mol. The third kappa shape index (κ3) is 3.19. The second-order valence-electron chi connectivity index (χ2n) is 5.11. The first-order valence-corrected chi connectivity index (χ1v) is 5.73. The van der Waals surface area contributed by atoms with Crippen LogP contribution in [0.3, 0.4) is 0 Å². The molecule has 1 rings (SSSR count). The van der Waals surface area contributed by atoms with Crippen molar-refractivity contribution in [1.82, 2.24) is 0 Å². The van der Waals surface area contributed by atoms with Gasteiger partial charge in [0, 0.05) is 5.57 Å². The third-order valence-corrected chi connectivity index (χ3v) is 2.68. The molecule has 0 aliphatic carbocycles. The van der Waals surface area contributed by atoms with Crippen LogP contribution in [0.5, 0.6) is 0 Å². The highest BCUT2D eigenvalue weighted by Gasteiger charge is 2.24. The molecule has 0 fully saturated rings. The van der Waals surface area contributed by atoms with Gasteiger partial charge in [-0.1, -0.05) is 51.1 Å². The molecule has 0 spiro atoms. The molecule has 0 aliphatic rings. The number of hydrogen-bond acceptors (Lipinski definition) is 2. The fourth-order valence-electron chi connectivity index (χ4n) is 2.07. The second kappa shape index (κ2) is 5.17. The first kappa shape index (κ1) is 13.5. The predicted molar refractivity (Wildman–Crippen MR) is 70.5 cm³/mol. The van der Waals surface area contributed by atoms with Crippen molar-refractivity contribution in [3.8, 4) is 0 Å². The van der Waals surface area contributed by atoms with Gasteiger partial charge in [-0.15, -0.1) is 0 Å². The summed E-state index contributed by atoms with van der Waals surface area (Å²) in [4.78, 5) is 11.7. The summed E-state index contributed by atoms with van der Waals surface area (Å²) in [6, 6.07) is 9.97. The molecule has 0 bridgehead atoms. The van der Waals surface area contributed by atoms with Crippen LogP contribution in [0.2, 0.25) is 0 Å². The molecule has 0 N–H and O–H groups in total. The second-order valence-corrected chi connectivity index (χ2v) is 5.11. The van der Waals surface area contributed by atoms with Crippen LogP contribution in [0.25, 0.3) is 5.57 Å². The van der Waals surface area contributed by atoms with Gasteiger partial charge in [0.15, 0.2) is 0 Å². The zero-order valence-electron chi connectivity index (χ0n) is 11.2. The lowest BCUT2D eigenvalue weighted by atomic mass is 9.79. The molecular weight excluding hydrogens is 212 g/mol. The van der Waals surface area contributed by atoms with Gasteiger partial charge in [-0.3, -0.25) is 0 Å². The molecule has 0 aromatic heterocycles. The first-order valence-electron chi connectivity index (χ1n) is 5.73. The van der Waals surface area contributed by atoms with Crippen molar-refractivity contribution in [2.75, 3.05) is 7.11 Å². The number of allylic oxidation sites excluding steroid dienone is 1. The Balaban J connectivity index is 3.38. The van der Waals surface area contributed by atoms with E-state index < -0.39 is 0 Å². The summed E-state index contributed by atoms with van der Waals surface area (Å²) in [5.74, 6) is -0.265. The van der Waals surface area contributed by atoms with E-state index in [9.17, 15) is 4.79 Å². The SMILES string of the molecule is COC(=O)/C(C)=C(\c1ccccc1)C(C)(C)C. The summed E-state index contributed by atoms with van der Waals surface area (Å²) in [5, 5.41) is 0. The molecule has 0 aliphatic heterocycles. The average Bonchev–Trinajstić information content (AvgIpc) is 2.27. The van der Waals surface area contributed by atoms with Gasteiger partial charge in [-0.25, -0.2) is 4.79 Å². The Bertz CT molecular complexity index is 422. The standard InChI is InChI=1S/C15H20O2/c1-11(14(16)17-5)13(15(2,3)4)12-9-7-6-8-10-12/h6-10H,1-5H3/b13-11+. The Morgan fingerprint density at radius 2 is 1.65 bits per heavy atom. The van der Waals surface area contributed by atoms with Crippen molar-refractivity contribution in [3.05, 3.63) is 41.5 Å². The van der Waals surface area contributed by atoms with Crippen LogP contribution >= 0.6 is 0 Å². The molecular formula is C15H20O2. The lowest BCUT2D eigenvalue weighted by Crippen LogP contribution is -2.15. The van der Waals surface area contributed by atoms with Crippen molar-refractivity contribution in [1.29, 1.82) is 0 Å². The summed E-state index contributed by atoms with van der Waals surface area (Å²) < 4.78 is 4.81. The minimum absolute atomic E-state index is 0.0976. The molecule has 2 heteroatoms. The lowest BCUT2D eigenvalue weighted by Gasteiger charge is -2.25. The maximum absolute atomic E-state index is 11.7. The molecule has 1 aromatic rings. The number of carbonyl (C=O) groups is 1. The van der Waals surface area contributed by atoms with Gasteiger partial charge in [-0.2, -0.15) is 0 Å². The van der Waals surface area contributed by atoms with Gasteiger partial charge in [0.05, 0.1) is 7.11 Å². The maximum Gasteiger partial charge on any atom is 0.333 e. The number of benzene rings is 1. The Morgan fingerprint density at radius 3 is 2.06 bits per heavy atom. The van der Waals surface area contributed by atoms with E-state index in [2.05, 4.69) is 20.8 Å². The summed E-state index contributed by atoms with van der Waals surface area (Å²) in [5.41, 5.74) is 2.68. The molecule has 0 saturated carbocycles. The van der Waals surface area contributed by atoms with Gasteiger partial charge >= 0.3 is 5.97 Å². The Labute approximate surface area is 103 Å². The van der Waals surface area contributed by atoms with Crippen molar-refractivity contribution < 1.29 is 9.53 Å². The highest BCUT2D eigenvalue weighted by Crippen LogP contribution is 2.36. The van der Waals surface area contributed by atoms with E-state index in [1.807, 2.05) is 37.3 Å². The summed E-state index contributed by atoms with van der Waals surface area (Å²) in [6.07, 6.45) is 0. The van der Waals surface area contributed by atoms with Gasteiger partial charge in [-0.05, 0) is 23.5 Å². The minimum atomic E-state index is -0.265. The fourth-order valence-corrected chi connectivity index (χ4v) is 2.07. The Morgan fingerprint density at radius 1 is 1.12 bits per heavy atom. The van der Waals surface area contributed by atoms with E-state index >= 15 is 0 Å². The van der Waals surface area contributed by atoms with Crippen LogP contribution in [-0.4, -0.2) is 13.1 Å². The molecule has 0 saturated heterocycles. The van der Waals surface area contributed by atoms with Crippen LogP contribution < -0.4 is 0 Å². The van der Waals surface area contributed by atoms with Crippen molar-refractivity contribution in [2.45, 2.75) is 27.7 Å². The predicted octanol–water partition coefficient (Wildman–Crippen LogP) is 3.68. The number of methoxy groups -OCH3 is 1. The van der Waals surface area contributed by atoms with Gasteiger partial charge in [0.25, 0.3) is 0 Å². The highest BCUT2D eigenvalue weighted by atomic mass is 16.5. The van der Waals surface area contributed by atoms with E-state index in [-0.39, 0.29) is 11.4 Å². The largest absolute Gasteiger partial charge is 0.466 e. The number of hydrogen-bond donors (Lipinski definition) is 0. The zero-order chi connectivity index (χ0) is 13.1. The molecule has 17 heavy (non-hydrogen) atoms. The number of rotatable bonds is 2. The van der Waals surface area contributed by atoms with Crippen LogP contribution in [0.15, 0.2) is 35.9 Å². The molecule has 0 unspecified atom stereocenters. The van der Waals surface area contributed by atoms with E-state index in [0.717, 1.165) is 11.1 Å². The van der Waals surface area contributed by atoms with Crippen molar-refractivity contribution in [2.24, 2.45) is 5.41 Å². The molecule has 0 amide bonds. The minimum Gasteiger partial charge on any atom is -0.466 e. The Hall–Kier alpha value is -1.57. The molecule has 0 heterocycles. The van der Waals surface area contributed by atoms with Crippen molar-refractivity contribution >= 4 is 11.5 Å². The van der Waals surface area contributed by atoms with Crippen LogP contribution in [0.4, 0.5) is 0 Å². The van der Waals surface area contributed by atoms with E-state index in [1.165, 1.54) is 7.11 Å². The Kier molecular flexibility index (Phi) is 4.11. The molecule has 92 valence electrons. The molecule has 2 nitrogen and oxygen atoms in total. The van der Waals surface area contributed by atoms with Crippen molar-refractivity contribution in [3.63, 3.8) is 0 Å². The topological polar surface area (TPSA) is 26.3 Å². The molecule has 0 atom stereocenters. The first-order chi connectivity index (χ1) is 7.88. The highest BCUT2D eigenvalue weighted by molar-refractivity contribution is 5.98. The molecule has 0 radical (unpaired) electrons. The maximum atomic E-state index is 11.7. The van der Waals surface area contributed by atoms with E-state index in [0.29, 0.717) is 5.57 Å². The normalized spacial score (nSPS) is 13.0. The zero-order valence-corrected chi connectivity index (χ0v) is 11.2. The van der Waals surface area contributed by atoms with Crippen LogP contribution in [-0.2, 0) is 9.53 Å². The summed E-state index contributed by atoms with van der Waals surface area (Å²) in [7, 11) is 1.41. The van der Waals surface area contributed by atoms with Gasteiger partial charge < -0.3 is 4.74 Å². The number of ether oxygens (including phenoxy) is 1. The third-order valence-electron chi connectivity index (χ3n) is 2.68. The number of carbonyl (C=O) groups excluding carboxylic acids is 1. The van der Waals surface area contributed by atoms with E-state index in [1.54, 1.807) is 0 Å². The summed E-state index contributed by atoms with van der Waals surface area (Å²) in [6.45, 7) is 8.12. The van der Waals surface area contributed by atoms with Crippen LogP contribution in [0.1, 0.15) is 33.3 Å². The van der Waals surface area contributed by atoms with Gasteiger partial charge in [0.1, 0.15) is 0 Å². The smallest absolute Gasteiger partial charge is 0.333 e. The lowest BCUT2D eigenvalue weighted by molar-refractivity contribution is -0.136. The average molecular weight is 232 g/mol.